The van der Waals surface area contributed by atoms with Crippen molar-refractivity contribution in [1.29, 1.82) is 5.41 Å². The first-order valence-corrected chi connectivity index (χ1v) is 5.30. The van der Waals surface area contributed by atoms with Gasteiger partial charge in [-0.1, -0.05) is 24.3 Å². The molecule has 0 aromatic heterocycles. The summed E-state index contributed by atoms with van der Waals surface area (Å²) in [5.41, 5.74) is 17.4. The molecule has 0 bridgehead atoms. The van der Waals surface area contributed by atoms with Gasteiger partial charge in [0.1, 0.15) is 0 Å². The Morgan fingerprint density at radius 2 is 1.70 bits per heavy atom. The molecule has 8 N–H and O–H groups in total. The van der Waals surface area contributed by atoms with Gasteiger partial charge in [0, 0.05) is 6.20 Å². The highest BCUT2D eigenvalue weighted by Gasteiger charge is 1.91. The molecule has 0 radical (unpaired) electrons. The first-order valence-electron chi connectivity index (χ1n) is 5.30. The van der Waals surface area contributed by atoms with Crippen LogP contribution in [0.2, 0.25) is 0 Å². The average molecular weight is 278 g/mol. The molecule has 1 aromatic carbocycles. The average Bonchev–Trinajstić information content (AvgIpc) is 2.42. The van der Waals surface area contributed by atoms with Gasteiger partial charge in [0.05, 0.1) is 6.20 Å². The highest BCUT2D eigenvalue weighted by molar-refractivity contribution is 5.70. The van der Waals surface area contributed by atoms with E-state index >= 15 is 0 Å². The molecule has 10 nitrogen and oxygen atoms in total. The lowest BCUT2D eigenvalue weighted by atomic mass is 10.3. The Bertz CT molecular complexity index is 651. The third-order valence-electron chi connectivity index (χ3n) is 2.04. The van der Waals surface area contributed by atoms with E-state index in [1.807, 2.05) is 0 Å². The second-order valence-electron chi connectivity index (χ2n) is 3.56. The lowest BCUT2D eigenvalue weighted by Gasteiger charge is -2.09. The van der Waals surface area contributed by atoms with E-state index in [4.69, 9.17) is 22.6 Å². The van der Waals surface area contributed by atoms with Crippen LogP contribution < -0.4 is 33.1 Å². The summed E-state index contributed by atoms with van der Waals surface area (Å²) >= 11 is 0. The van der Waals surface area contributed by atoms with Gasteiger partial charge in [-0.15, -0.1) is 15.4 Å². The number of guanidine groups is 2. The van der Waals surface area contributed by atoms with Crippen LogP contribution in [0.15, 0.2) is 29.4 Å². The van der Waals surface area contributed by atoms with Crippen LogP contribution in [0.5, 0.6) is 0 Å². The van der Waals surface area contributed by atoms with Gasteiger partial charge < -0.3 is 10.4 Å². The van der Waals surface area contributed by atoms with Gasteiger partial charge in [0.25, 0.3) is 0 Å². The van der Waals surface area contributed by atoms with Crippen LogP contribution >= 0.6 is 0 Å². The standard InChI is InChI=1S/C10H14N8O2/c11-9(12)17(19)15-5-7-1-2-8(4-3-7)6-16-18(20)10(13)14/h1-6,15H,11-12H2,(H3,13,14). The topological polar surface area (TPSA) is 178 Å². The molecule has 20 heavy (non-hydrogen) atoms. The van der Waals surface area contributed by atoms with Crippen LogP contribution in [-0.4, -0.2) is 21.6 Å². The summed E-state index contributed by atoms with van der Waals surface area (Å²) in [6.45, 7) is 0. The van der Waals surface area contributed by atoms with Gasteiger partial charge >= 0.3 is 11.9 Å². The maximum atomic E-state index is 11.0. The van der Waals surface area contributed by atoms with Crippen LogP contribution in [0.25, 0.3) is 12.4 Å². The monoisotopic (exact) mass is 278 g/mol. The molecule has 106 valence electrons. The lowest BCUT2D eigenvalue weighted by Crippen LogP contribution is -2.38. The van der Waals surface area contributed by atoms with Crippen molar-refractivity contribution in [2.24, 2.45) is 22.3 Å². The van der Waals surface area contributed by atoms with Gasteiger partial charge in [0.2, 0.25) is 0 Å². The molecule has 10 heteroatoms. The molecule has 0 heterocycles. The molecule has 0 amide bonds. The fraction of sp³-hybridized carbons (Fsp3) is 0. The highest BCUT2D eigenvalue weighted by Crippen LogP contribution is 1.77. The maximum Gasteiger partial charge on any atom is 0.402 e. The van der Waals surface area contributed by atoms with Crippen molar-refractivity contribution in [3.8, 4) is 0 Å². The Labute approximate surface area is 113 Å². The van der Waals surface area contributed by atoms with Crippen molar-refractivity contribution in [3.05, 3.63) is 45.1 Å². The highest BCUT2D eigenvalue weighted by atomic mass is 16.5. The van der Waals surface area contributed by atoms with Gasteiger partial charge in [0.15, 0.2) is 0 Å². The summed E-state index contributed by atoms with van der Waals surface area (Å²) in [5.74, 6) is -1.12. The Morgan fingerprint density at radius 1 is 1.15 bits per heavy atom. The van der Waals surface area contributed by atoms with Crippen molar-refractivity contribution in [1.82, 2.24) is 5.43 Å². The molecule has 1 rings (SSSR count). The summed E-state index contributed by atoms with van der Waals surface area (Å²) in [5, 5.41) is 33.5. The van der Waals surface area contributed by atoms with E-state index in [9.17, 15) is 10.4 Å². The van der Waals surface area contributed by atoms with Crippen molar-refractivity contribution < 1.29 is 9.71 Å². The van der Waals surface area contributed by atoms with E-state index in [2.05, 4.69) is 10.5 Å². The Kier molecular flexibility index (Phi) is 4.86. The summed E-state index contributed by atoms with van der Waals surface area (Å²) < 4.78 is 0. The summed E-state index contributed by atoms with van der Waals surface area (Å²) in [7, 11) is 0. The lowest BCUT2D eigenvalue weighted by molar-refractivity contribution is -0.507. The van der Waals surface area contributed by atoms with E-state index in [0.717, 1.165) is 0 Å². The van der Waals surface area contributed by atoms with Crippen LogP contribution in [0.4, 0.5) is 0 Å². The second-order valence-corrected chi connectivity index (χ2v) is 3.56. The quantitative estimate of drug-likeness (QED) is 0.100. The molecule has 0 aliphatic rings. The third kappa shape index (κ3) is 4.52. The second kappa shape index (κ2) is 6.58. The third-order valence-corrected chi connectivity index (χ3v) is 2.04. The zero-order chi connectivity index (χ0) is 15.1. The first-order chi connectivity index (χ1) is 9.40. The summed E-state index contributed by atoms with van der Waals surface area (Å²) in [6.07, 6.45) is 2.64. The molecule has 0 unspecified atom stereocenters. The van der Waals surface area contributed by atoms with Crippen molar-refractivity contribution in [3.63, 3.8) is 0 Å². The number of rotatable bonds is 3. The van der Waals surface area contributed by atoms with Gasteiger partial charge in [-0.05, 0) is 10.4 Å². The molecule has 0 aliphatic heterocycles. The largest absolute Gasteiger partial charge is 0.723 e. The molecule has 1 aromatic rings. The minimum absolute atomic E-state index is 0.0171. The number of hydrazine groups is 1. The molecule has 0 fully saturated rings. The predicted molar refractivity (Wildman–Crippen MR) is 72.7 cm³/mol. The molecular formula is C10H14N8O2. The van der Waals surface area contributed by atoms with Crippen LogP contribution in [-0.2, 0) is 0 Å². The fourth-order valence-corrected chi connectivity index (χ4v) is 1.07. The molecule has 0 atom stereocenters. The zero-order valence-electron chi connectivity index (χ0n) is 10.4. The Balaban J connectivity index is 2.92. The number of hydrogen-bond donors (Lipinski definition) is 5. The molecular weight excluding hydrogens is 264 g/mol. The molecule has 0 saturated carbocycles. The SMILES string of the molecule is N=C(N)[N+]([O-])=NC=c1ccc(=CN[N+]([O-])=C(N)N)cc1. The number of nitrogens with two attached hydrogens (primary N) is 3. The molecule has 0 saturated heterocycles. The Morgan fingerprint density at radius 3 is 2.20 bits per heavy atom. The van der Waals surface area contributed by atoms with Crippen LogP contribution in [0.1, 0.15) is 0 Å². The predicted octanol–water partition coefficient (Wildman–Crippen LogP) is -2.69. The van der Waals surface area contributed by atoms with Crippen molar-refractivity contribution in [2.75, 3.05) is 0 Å². The fourth-order valence-electron chi connectivity index (χ4n) is 1.07. The number of nitrogens with zero attached hydrogens (tertiary/aromatic N) is 3. The number of azo groups is 1. The van der Waals surface area contributed by atoms with E-state index in [1.54, 1.807) is 24.3 Å². The zero-order valence-corrected chi connectivity index (χ0v) is 10.4. The number of nitrogens with one attached hydrogen (secondary N) is 2. The van der Waals surface area contributed by atoms with Crippen molar-refractivity contribution >= 4 is 24.3 Å². The van der Waals surface area contributed by atoms with Gasteiger partial charge in [-0.3, -0.25) is 22.6 Å². The molecule has 0 aliphatic carbocycles. The Hall–Kier alpha value is -3.30. The van der Waals surface area contributed by atoms with Crippen molar-refractivity contribution in [2.45, 2.75) is 0 Å². The van der Waals surface area contributed by atoms with Gasteiger partial charge in [-0.2, -0.15) is 4.85 Å². The minimum atomic E-state index is -0.707. The van der Waals surface area contributed by atoms with Crippen LogP contribution in [0.3, 0.4) is 0 Å². The van der Waals surface area contributed by atoms with E-state index in [-0.39, 0.29) is 9.71 Å². The van der Waals surface area contributed by atoms with Crippen LogP contribution in [0, 0.1) is 15.8 Å². The maximum absolute atomic E-state index is 11.0. The van der Waals surface area contributed by atoms with E-state index in [0.29, 0.717) is 10.4 Å². The normalized spacial score (nSPS) is 10.5. The van der Waals surface area contributed by atoms with E-state index in [1.165, 1.54) is 12.4 Å². The number of hydroxylamine groups is 1. The summed E-state index contributed by atoms with van der Waals surface area (Å²) in [4.78, 5) is 0.189. The number of hydrogen-bond acceptors (Lipinski definition) is 5. The summed E-state index contributed by atoms with van der Waals surface area (Å²) in [6, 6.07) is 6.63. The smallest absolute Gasteiger partial charge is 0.402 e. The number of benzene rings is 1. The van der Waals surface area contributed by atoms with E-state index < -0.39 is 11.9 Å². The first kappa shape index (κ1) is 14.8. The number of hydrazone groups is 1. The van der Waals surface area contributed by atoms with Gasteiger partial charge in [-0.25, -0.2) is 0 Å². The minimum Gasteiger partial charge on any atom is -0.723 e. The molecule has 0 spiro atoms.